The molecule has 0 aliphatic carbocycles. The first-order chi connectivity index (χ1) is 8.29. The molecule has 1 aromatic carbocycles. The number of carbonyl (C=O) groups is 1. The zero-order valence-corrected chi connectivity index (χ0v) is 9.78. The Kier molecular flexibility index (Phi) is 4.12. The average Bonchev–Trinajstić information content (AvgIpc) is 2.82. The van der Waals surface area contributed by atoms with E-state index in [-0.39, 0.29) is 12.5 Å². The fourth-order valence-corrected chi connectivity index (χ4v) is 2.13. The summed E-state index contributed by atoms with van der Waals surface area (Å²) in [4.78, 5) is 11.8. The molecule has 1 amide bonds. The molecule has 1 aromatic rings. The molecule has 0 bridgehead atoms. The summed E-state index contributed by atoms with van der Waals surface area (Å²) in [5, 5.41) is 15.3. The number of benzene rings is 1. The molecule has 17 heavy (non-hydrogen) atoms. The van der Waals surface area contributed by atoms with Gasteiger partial charge < -0.3 is 15.7 Å². The molecule has 0 radical (unpaired) electrons. The van der Waals surface area contributed by atoms with Crippen molar-refractivity contribution in [1.82, 2.24) is 5.32 Å². The van der Waals surface area contributed by atoms with Crippen LogP contribution in [-0.2, 0) is 11.4 Å². The highest BCUT2D eigenvalue weighted by molar-refractivity contribution is 5.91. The van der Waals surface area contributed by atoms with Crippen molar-refractivity contribution in [3.05, 3.63) is 29.8 Å². The lowest BCUT2D eigenvalue weighted by molar-refractivity contribution is -0.116. The van der Waals surface area contributed by atoms with Gasteiger partial charge in [0.1, 0.15) is 0 Å². The van der Waals surface area contributed by atoms with E-state index in [1.165, 1.54) is 0 Å². The zero-order chi connectivity index (χ0) is 12.1. The third-order valence-electron chi connectivity index (χ3n) is 3.10. The number of rotatable bonds is 4. The van der Waals surface area contributed by atoms with E-state index in [4.69, 9.17) is 5.11 Å². The Balaban J connectivity index is 1.92. The second-order valence-electron chi connectivity index (χ2n) is 4.43. The maximum absolute atomic E-state index is 11.8. The van der Waals surface area contributed by atoms with Crippen LogP contribution in [0.2, 0.25) is 0 Å². The predicted molar refractivity (Wildman–Crippen MR) is 66.6 cm³/mol. The Labute approximate surface area is 101 Å². The third-order valence-corrected chi connectivity index (χ3v) is 3.10. The lowest BCUT2D eigenvalue weighted by Gasteiger charge is -2.11. The van der Waals surface area contributed by atoms with E-state index in [0.29, 0.717) is 18.0 Å². The van der Waals surface area contributed by atoms with Crippen LogP contribution in [0, 0.1) is 5.92 Å². The molecular weight excluding hydrogens is 216 g/mol. The lowest BCUT2D eigenvalue weighted by Crippen LogP contribution is -2.19. The minimum absolute atomic E-state index is 0.0274. The first-order valence-electron chi connectivity index (χ1n) is 5.99. The van der Waals surface area contributed by atoms with Crippen LogP contribution in [0.3, 0.4) is 0 Å². The van der Waals surface area contributed by atoms with E-state index in [0.717, 1.165) is 25.1 Å². The maximum atomic E-state index is 11.8. The van der Waals surface area contributed by atoms with Crippen molar-refractivity contribution in [2.24, 2.45) is 5.92 Å². The summed E-state index contributed by atoms with van der Waals surface area (Å²) in [5.41, 5.74) is 1.47. The van der Waals surface area contributed by atoms with Gasteiger partial charge in [0, 0.05) is 17.7 Å². The molecule has 1 aliphatic rings. The van der Waals surface area contributed by atoms with Gasteiger partial charge in [0.05, 0.1) is 6.61 Å². The van der Waals surface area contributed by atoms with Crippen LogP contribution in [0.25, 0.3) is 0 Å². The summed E-state index contributed by atoms with van der Waals surface area (Å²) in [6.07, 6.45) is 1.61. The molecule has 0 aromatic heterocycles. The van der Waals surface area contributed by atoms with Gasteiger partial charge in [-0.3, -0.25) is 4.79 Å². The van der Waals surface area contributed by atoms with Crippen molar-refractivity contribution >= 4 is 11.6 Å². The van der Waals surface area contributed by atoms with Crippen molar-refractivity contribution in [2.75, 3.05) is 18.4 Å². The van der Waals surface area contributed by atoms with E-state index in [1.54, 1.807) is 0 Å². The number of aliphatic hydroxyl groups excluding tert-OH is 1. The van der Waals surface area contributed by atoms with Crippen molar-refractivity contribution in [3.63, 3.8) is 0 Å². The third kappa shape index (κ3) is 3.28. The van der Waals surface area contributed by atoms with Crippen LogP contribution in [0.5, 0.6) is 0 Å². The van der Waals surface area contributed by atoms with E-state index < -0.39 is 0 Å². The second-order valence-corrected chi connectivity index (χ2v) is 4.43. The van der Waals surface area contributed by atoms with Crippen LogP contribution in [0.4, 0.5) is 5.69 Å². The Morgan fingerprint density at radius 3 is 3.00 bits per heavy atom. The quantitative estimate of drug-likeness (QED) is 0.731. The van der Waals surface area contributed by atoms with Gasteiger partial charge in [-0.25, -0.2) is 0 Å². The summed E-state index contributed by atoms with van der Waals surface area (Å²) in [6.45, 7) is 1.88. The van der Waals surface area contributed by atoms with Gasteiger partial charge in [-0.05, 0) is 31.5 Å². The number of para-hydroxylation sites is 1. The molecule has 1 aliphatic heterocycles. The first-order valence-corrected chi connectivity index (χ1v) is 5.99. The number of hydrogen-bond acceptors (Lipinski definition) is 3. The number of hydrogen-bond donors (Lipinski definition) is 3. The van der Waals surface area contributed by atoms with Crippen LogP contribution in [0.15, 0.2) is 24.3 Å². The minimum atomic E-state index is -0.0541. The standard InChI is InChI=1S/C13H18N2O2/c16-9-11-3-1-2-4-12(11)15-13(17)7-10-5-6-14-8-10/h1-4,10,14,16H,5-9H2,(H,15,17). The monoisotopic (exact) mass is 234 g/mol. The van der Waals surface area contributed by atoms with Crippen LogP contribution < -0.4 is 10.6 Å². The molecular formula is C13H18N2O2. The molecule has 1 fully saturated rings. The predicted octanol–water partition coefficient (Wildman–Crippen LogP) is 1.12. The highest BCUT2D eigenvalue weighted by atomic mass is 16.3. The smallest absolute Gasteiger partial charge is 0.224 e. The number of amides is 1. The summed E-state index contributed by atoms with van der Waals surface area (Å²) >= 11 is 0. The topological polar surface area (TPSA) is 61.4 Å². The molecule has 92 valence electrons. The maximum Gasteiger partial charge on any atom is 0.224 e. The van der Waals surface area contributed by atoms with Gasteiger partial charge in [0.15, 0.2) is 0 Å². The molecule has 1 unspecified atom stereocenters. The highest BCUT2D eigenvalue weighted by Gasteiger charge is 2.18. The number of aliphatic hydroxyl groups is 1. The molecule has 0 saturated carbocycles. The van der Waals surface area contributed by atoms with Gasteiger partial charge >= 0.3 is 0 Å². The fourth-order valence-electron chi connectivity index (χ4n) is 2.13. The highest BCUT2D eigenvalue weighted by Crippen LogP contribution is 2.17. The van der Waals surface area contributed by atoms with Gasteiger partial charge in [-0.15, -0.1) is 0 Å². The molecule has 1 atom stereocenters. The van der Waals surface area contributed by atoms with Crippen LogP contribution >= 0.6 is 0 Å². The van der Waals surface area contributed by atoms with Crippen molar-refractivity contribution in [2.45, 2.75) is 19.4 Å². The average molecular weight is 234 g/mol. The van der Waals surface area contributed by atoms with Crippen molar-refractivity contribution in [1.29, 1.82) is 0 Å². The minimum Gasteiger partial charge on any atom is -0.392 e. The molecule has 1 saturated heterocycles. The van der Waals surface area contributed by atoms with E-state index >= 15 is 0 Å². The van der Waals surface area contributed by atoms with Crippen LogP contribution in [-0.4, -0.2) is 24.1 Å². The first kappa shape index (κ1) is 12.1. The second kappa shape index (κ2) is 5.80. The summed E-state index contributed by atoms with van der Waals surface area (Å²) < 4.78 is 0. The fraction of sp³-hybridized carbons (Fsp3) is 0.462. The number of anilines is 1. The summed E-state index contributed by atoms with van der Waals surface area (Å²) in [6, 6.07) is 7.33. The van der Waals surface area contributed by atoms with Gasteiger partial charge in [-0.2, -0.15) is 0 Å². The molecule has 1 heterocycles. The Hall–Kier alpha value is -1.39. The van der Waals surface area contributed by atoms with Crippen LogP contribution in [0.1, 0.15) is 18.4 Å². The van der Waals surface area contributed by atoms with Gasteiger partial charge in [-0.1, -0.05) is 18.2 Å². The van der Waals surface area contributed by atoms with Crippen molar-refractivity contribution in [3.8, 4) is 0 Å². The SMILES string of the molecule is O=C(CC1CCNC1)Nc1ccccc1CO. The van der Waals surface area contributed by atoms with Gasteiger partial charge in [0.2, 0.25) is 5.91 Å². The Morgan fingerprint density at radius 1 is 1.47 bits per heavy atom. The number of nitrogens with one attached hydrogen (secondary N) is 2. The normalized spacial score (nSPS) is 19.2. The lowest BCUT2D eigenvalue weighted by atomic mass is 10.0. The Morgan fingerprint density at radius 2 is 2.29 bits per heavy atom. The van der Waals surface area contributed by atoms with Crippen molar-refractivity contribution < 1.29 is 9.90 Å². The Bertz CT molecular complexity index is 387. The molecule has 0 spiro atoms. The van der Waals surface area contributed by atoms with E-state index in [1.807, 2.05) is 24.3 Å². The van der Waals surface area contributed by atoms with E-state index in [2.05, 4.69) is 10.6 Å². The summed E-state index contributed by atoms with van der Waals surface area (Å²) in [7, 11) is 0. The zero-order valence-electron chi connectivity index (χ0n) is 9.78. The molecule has 4 nitrogen and oxygen atoms in total. The number of carbonyl (C=O) groups excluding carboxylic acids is 1. The molecule has 4 heteroatoms. The largest absolute Gasteiger partial charge is 0.392 e. The van der Waals surface area contributed by atoms with Gasteiger partial charge in [0.25, 0.3) is 0 Å². The molecule has 3 N–H and O–H groups in total. The molecule has 2 rings (SSSR count). The van der Waals surface area contributed by atoms with E-state index in [9.17, 15) is 4.79 Å². The summed E-state index contributed by atoms with van der Waals surface area (Å²) in [5.74, 6) is 0.468.